The average molecular weight is 237 g/mol. The third-order valence-corrected chi connectivity index (χ3v) is 3.02. The lowest BCUT2D eigenvalue weighted by molar-refractivity contribution is 0.0697. The molecule has 3 N–H and O–H groups in total. The number of hydrogen-bond acceptors (Lipinski definition) is 3. The Kier molecular flexibility index (Phi) is 4.52. The average Bonchev–Trinajstić information content (AvgIpc) is 2.30. The predicted molar refractivity (Wildman–Crippen MR) is 67.4 cm³/mol. The van der Waals surface area contributed by atoms with E-state index in [0.29, 0.717) is 6.42 Å². The lowest BCUT2D eigenvalue weighted by atomic mass is 9.94. The van der Waals surface area contributed by atoms with E-state index in [1.54, 1.807) is 24.3 Å². The molecule has 1 aromatic carbocycles. The molecule has 1 rings (SSSR count). The fourth-order valence-electron chi connectivity index (χ4n) is 1.62. The molecule has 0 fully saturated rings. The number of carboxylic acids is 1. The summed E-state index contributed by atoms with van der Waals surface area (Å²) in [7, 11) is 0. The second-order valence-corrected chi connectivity index (χ2v) is 4.40. The zero-order valence-corrected chi connectivity index (χ0v) is 10.2. The van der Waals surface area contributed by atoms with E-state index in [4.69, 9.17) is 10.2 Å². The second kappa shape index (κ2) is 5.68. The van der Waals surface area contributed by atoms with Crippen molar-refractivity contribution in [3.05, 3.63) is 29.8 Å². The Morgan fingerprint density at radius 3 is 2.35 bits per heavy atom. The van der Waals surface area contributed by atoms with Crippen LogP contribution in [-0.4, -0.2) is 28.3 Å². The first-order valence-corrected chi connectivity index (χ1v) is 5.73. The number of benzene rings is 1. The fourth-order valence-corrected chi connectivity index (χ4v) is 1.62. The Morgan fingerprint density at radius 1 is 1.35 bits per heavy atom. The van der Waals surface area contributed by atoms with E-state index in [1.165, 1.54) is 0 Å². The molecule has 0 saturated heterocycles. The van der Waals surface area contributed by atoms with Crippen molar-refractivity contribution in [1.82, 2.24) is 0 Å². The van der Waals surface area contributed by atoms with Crippen molar-refractivity contribution in [2.75, 3.05) is 11.9 Å². The zero-order chi connectivity index (χ0) is 12.9. The summed E-state index contributed by atoms with van der Waals surface area (Å²) >= 11 is 0. The van der Waals surface area contributed by atoms with Crippen molar-refractivity contribution in [2.45, 2.75) is 32.2 Å². The van der Waals surface area contributed by atoms with Crippen LogP contribution in [0.15, 0.2) is 24.3 Å². The maximum absolute atomic E-state index is 10.7. The molecule has 4 heteroatoms. The van der Waals surface area contributed by atoms with E-state index in [1.807, 2.05) is 13.8 Å². The van der Waals surface area contributed by atoms with Gasteiger partial charge in [0, 0.05) is 17.8 Å². The third-order valence-electron chi connectivity index (χ3n) is 3.02. The molecule has 0 aromatic heterocycles. The summed E-state index contributed by atoms with van der Waals surface area (Å²) in [5.74, 6) is -0.926. The maximum atomic E-state index is 10.7. The molecule has 0 aliphatic heterocycles. The molecule has 0 amide bonds. The molecule has 0 aliphatic carbocycles. The number of nitrogens with one attached hydrogen (secondary N) is 1. The highest BCUT2D eigenvalue weighted by Gasteiger charge is 2.20. The summed E-state index contributed by atoms with van der Waals surface area (Å²) in [5.41, 5.74) is 0.975. The number of aromatic carboxylic acids is 1. The van der Waals surface area contributed by atoms with Crippen LogP contribution in [0.1, 0.15) is 37.0 Å². The molecule has 94 valence electrons. The lowest BCUT2D eigenvalue weighted by Crippen LogP contribution is -2.34. The standard InChI is InChI=1S/C13H19NO3/c1-3-13(2,8-9-15)14-11-6-4-10(5-7-11)12(16)17/h4-7,14-15H,3,8-9H2,1-2H3,(H,16,17). The van der Waals surface area contributed by atoms with E-state index < -0.39 is 5.97 Å². The molecule has 1 aromatic rings. The summed E-state index contributed by atoms with van der Waals surface area (Å²) < 4.78 is 0. The first-order chi connectivity index (χ1) is 8.00. The Morgan fingerprint density at radius 2 is 1.94 bits per heavy atom. The smallest absolute Gasteiger partial charge is 0.335 e. The first-order valence-electron chi connectivity index (χ1n) is 5.73. The van der Waals surface area contributed by atoms with Crippen LogP contribution in [0, 0.1) is 0 Å². The van der Waals surface area contributed by atoms with E-state index in [2.05, 4.69) is 5.32 Å². The lowest BCUT2D eigenvalue weighted by Gasteiger charge is -2.30. The highest BCUT2D eigenvalue weighted by molar-refractivity contribution is 5.88. The van der Waals surface area contributed by atoms with Crippen LogP contribution in [-0.2, 0) is 0 Å². The summed E-state index contributed by atoms with van der Waals surface area (Å²) in [6.45, 7) is 4.22. The van der Waals surface area contributed by atoms with Gasteiger partial charge in [0.25, 0.3) is 0 Å². The number of aliphatic hydroxyl groups excluding tert-OH is 1. The number of carbonyl (C=O) groups is 1. The molecule has 0 bridgehead atoms. The van der Waals surface area contributed by atoms with E-state index in [9.17, 15) is 4.79 Å². The molecule has 4 nitrogen and oxygen atoms in total. The number of carboxylic acid groups (broad SMARTS) is 1. The van der Waals surface area contributed by atoms with Crippen LogP contribution in [0.5, 0.6) is 0 Å². The van der Waals surface area contributed by atoms with Crippen LogP contribution in [0.25, 0.3) is 0 Å². The second-order valence-electron chi connectivity index (χ2n) is 4.40. The van der Waals surface area contributed by atoms with Crippen molar-refractivity contribution in [3.8, 4) is 0 Å². The van der Waals surface area contributed by atoms with Crippen molar-refractivity contribution in [1.29, 1.82) is 0 Å². The van der Waals surface area contributed by atoms with Crippen LogP contribution < -0.4 is 5.32 Å². The molecule has 0 heterocycles. The monoisotopic (exact) mass is 237 g/mol. The summed E-state index contributed by atoms with van der Waals surface area (Å²) in [5, 5.41) is 21.1. The molecule has 17 heavy (non-hydrogen) atoms. The van der Waals surface area contributed by atoms with Gasteiger partial charge in [-0.1, -0.05) is 6.92 Å². The Hall–Kier alpha value is -1.55. The molecule has 1 unspecified atom stereocenters. The summed E-state index contributed by atoms with van der Waals surface area (Å²) in [6.07, 6.45) is 1.54. The summed E-state index contributed by atoms with van der Waals surface area (Å²) in [6, 6.07) is 6.63. The van der Waals surface area contributed by atoms with Crippen LogP contribution >= 0.6 is 0 Å². The quantitative estimate of drug-likeness (QED) is 0.710. The van der Waals surface area contributed by atoms with Gasteiger partial charge in [-0.15, -0.1) is 0 Å². The van der Waals surface area contributed by atoms with Gasteiger partial charge in [0.1, 0.15) is 0 Å². The van der Waals surface area contributed by atoms with Crippen molar-refractivity contribution < 1.29 is 15.0 Å². The first kappa shape index (κ1) is 13.5. The normalized spacial score (nSPS) is 14.1. The minimum atomic E-state index is -0.926. The largest absolute Gasteiger partial charge is 0.478 e. The molecule has 1 atom stereocenters. The number of rotatable bonds is 6. The third kappa shape index (κ3) is 3.75. The van der Waals surface area contributed by atoms with Crippen molar-refractivity contribution >= 4 is 11.7 Å². The number of hydrogen-bond donors (Lipinski definition) is 3. The Balaban J connectivity index is 2.77. The van der Waals surface area contributed by atoms with E-state index in [-0.39, 0.29) is 17.7 Å². The number of aliphatic hydroxyl groups is 1. The van der Waals surface area contributed by atoms with Gasteiger partial charge < -0.3 is 15.5 Å². The van der Waals surface area contributed by atoms with Crippen LogP contribution in [0.2, 0.25) is 0 Å². The van der Waals surface area contributed by atoms with Gasteiger partial charge in [0.05, 0.1) is 5.56 Å². The van der Waals surface area contributed by atoms with Crippen molar-refractivity contribution in [3.63, 3.8) is 0 Å². The number of anilines is 1. The minimum Gasteiger partial charge on any atom is -0.478 e. The van der Waals surface area contributed by atoms with Gasteiger partial charge in [-0.3, -0.25) is 0 Å². The Labute approximate surface area is 101 Å². The van der Waals surface area contributed by atoms with Crippen LogP contribution in [0.3, 0.4) is 0 Å². The highest BCUT2D eigenvalue weighted by Crippen LogP contribution is 2.21. The highest BCUT2D eigenvalue weighted by atomic mass is 16.4. The SMILES string of the molecule is CCC(C)(CCO)Nc1ccc(C(=O)O)cc1. The molecular formula is C13H19NO3. The van der Waals surface area contributed by atoms with E-state index >= 15 is 0 Å². The molecule has 0 saturated carbocycles. The van der Waals surface area contributed by atoms with Crippen LogP contribution in [0.4, 0.5) is 5.69 Å². The maximum Gasteiger partial charge on any atom is 0.335 e. The van der Waals surface area contributed by atoms with Crippen molar-refractivity contribution in [2.24, 2.45) is 0 Å². The van der Waals surface area contributed by atoms with Gasteiger partial charge in [-0.25, -0.2) is 4.79 Å². The molecule has 0 spiro atoms. The molecule has 0 radical (unpaired) electrons. The predicted octanol–water partition coefficient (Wildman–Crippen LogP) is 2.35. The van der Waals surface area contributed by atoms with Gasteiger partial charge in [-0.2, -0.15) is 0 Å². The summed E-state index contributed by atoms with van der Waals surface area (Å²) in [4.78, 5) is 10.7. The Bertz CT molecular complexity index is 375. The van der Waals surface area contributed by atoms with Gasteiger partial charge >= 0.3 is 5.97 Å². The van der Waals surface area contributed by atoms with Gasteiger partial charge in [0.2, 0.25) is 0 Å². The molecule has 0 aliphatic rings. The minimum absolute atomic E-state index is 0.130. The van der Waals surface area contributed by atoms with E-state index in [0.717, 1.165) is 12.1 Å². The van der Waals surface area contributed by atoms with Gasteiger partial charge in [0.15, 0.2) is 0 Å². The topological polar surface area (TPSA) is 69.6 Å². The zero-order valence-electron chi connectivity index (χ0n) is 10.2. The molecular weight excluding hydrogens is 218 g/mol. The van der Waals surface area contributed by atoms with Gasteiger partial charge in [-0.05, 0) is 44.0 Å². The fraction of sp³-hybridized carbons (Fsp3) is 0.462.